The van der Waals surface area contributed by atoms with Crippen LogP contribution in [0.25, 0.3) is 0 Å². The number of piperidine rings is 1. The van der Waals surface area contributed by atoms with Gasteiger partial charge in [-0.05, 0) is 68.2 Å². The van der Waals surface area contributed by atoms with Gasteiger partial charge in [-0.2, -0.15) is 0 Å². The van der Waals surface area contributed by atoms with Crippen LogP contribution in [0.3, 0.4) is 0 Å². The van der Waals surface area contributed by atoms with E-state index in [1.54, 1.807) is 0 Å². The molecule has 1 saturated carbocycles. The lowest BCUT2D eigenvalue weighted by atomic mass is 9.66. The molecule has 1 aromatic carbocycles. The van der Waals surface area contributed by atoms with Gasteiger partial charge in [-0.15, -0.1) is 11.3 Å². The lowest BCUT2D eigenvalue weighted by Gasteiger charge is -2.52. The fourth-order valence-electron chi connectivity index (χ4n) is 6.78. The molecule has 2 fully saturated rings. The van der Waals surface area contributed by atoms with Gasteiger partial charge in [-0.3, -0.25) is 9.69 Å². The van der Waals surface area contributed by atoms with Gasteiger partial charge in [0, 0.05) is 23.4 Å². The van der Waals surface area contributed by atoms with E-state index in [2.05, 4.69) is 10.2 Å². The van der Waals surface area contributed by atoms with Crippen LogP contribution in [0.5, 0.6) is 11.5 Å². The van der Waals surface area contributed by atoms with Crippen molar-refractivity contribution in [2.75, 3.05) is 32.3 Å². The minimum atomic E-state index is -0.725. The molecular weight excluding hydrogens is 492 g/mol. The van der Waals surface area contributed by atoms with E-state index in [1.165, 1.54) is 23.3 Å². The van der Waals surface area contributed by atoms with Crippen LogP contribution >= 0.6 is 11.3 Å². The molecular formula is C28H34N2O6S. The second-order valence-corrected chi connectivity index (χ2v) is 11.8. The third-order valence-corrected chi connectivity index (χ3v) is 9.78. The summed E-state index contributed by atoms with van der Waals surface area (Å²) in [6.45, 7) is 0.995. The number of anilines is 1. The molecule has 2 aliphatic heterocycles. The highest BCUT2D eigenvalue weighted by Gasteiger charge is 2.49. The lowest BCUT2D eigenvalue weighted by Crippen LogP contribution is -2.56. The summed E-state index contributed by atoms with van der Waals surface area (Å²) >= 11 is 1.50. The van der Waals surface area contributed by atoms with E-state index in [-0.39, 0.29) is 31.2 Å². The van der Waals surface area contributed by atoms with Crippen molar-refractivity contribution in [2.45, 2.75) is 69.4 Å². The van der Waals surface area contributed by atoms with Crippen molar-refractivity contribution >= 4 is 28.2 Å². The van der Waals surface area contributed by atoms with Crippen molar-refractivity contribution in [2.24, 2.45) is 5.92 Å². The Labute approximate surface area is 220 Å². The second-order valence-electron chi connectivity index (χ2n) is 10.7. The molecule has 1 amide bonds. The number of carbonyl (C=O) groups excluding carboxylic acids is 2. The van der Waals surface area contributed by atoms with Crippen molar-refractivity contribution in [1.29, 1.82) is 0 Å². The van der Waals surface area contributed by atoms with Gasteiger partial charge < -0.3 is 24.6 Å². The fourth-order valence-corrected chi connectivity index (χ4v) is 8.08. The fraction of sp³-hybridized carbons (Fsp3) is 0.571. The average molecular weight is 527 g/mol. The van der Waals surface area contributed by atoms with Crippen molar-refractivity contribution in [1.82, 2.24) is 4.90 Å². The number of methoxy groups -OCH3 is 1. The number of thiophene rings is 1. The molecule has 2 aliphatic carbocycles. The number of likely N-dealkylation sites (tertiary alicyclic amines) is 1. The molecule has 3 atom stereocenters. The van der Waals surface area contributed by atoms with Gasteiger partial charge in [-0.25, -0.2) is 4.79 Å². The molecule has 1 saturated heterocycles. The molecule has 9 heteroatoms. The third kappa shape index (κ3) is 4.51. The largest absolute Gasteiger partial charge is 0.465 e. The third-order valence-electron chi connectivity index (χ3n) is 8.57. The smallest absolute Gasteiger partial charge is 0.341 e. The van der Waals surface area contributed by atoms with Gasteiger partial charge in [0.15, 0.2) is 11.5 Å². The first-order valence-electron chi connectivity index (χ1n) is 13.4. The normalized spacial score (nSPS) is 26.8. The van der Waals surface area contributed by atoms with Crippen molar-refractivity contribution in [3.8, 4) is 11.5 Å². The predicted molar refractivity (Wildman–Crippen MR) is 139 cm³/mol. The summed E-state index contributed by atoms with van der Waals surface area (Å²) in [6, 6.07) is 5.84. The van der Waals surface area contributed by atoms with Crippen LogP contribution in [0.15, 0.2) is 18.2 Å². The van der Waals surface area contributed by atoms with Crippen LogP contribution in [0.2, 0.25) is 0 Å². The van der Waals surface area contributed by atoms with Gasteiger partial charge in [0.05, 0.1) is 24.8 Å². The number of aryl methyl sites for hydroxylation is 1. The Kier molecular flexibility index (Phi) is 6.63. The number of carbonyl (C=O) groups is 2. The number of nitrogens with one attached hydrogen (secondary N) is 1. The van der Waals surface area contributed by atoms with E-state index in [0.717, 1.165) is 68.2 Å². The lowest BCUT2D eigenvalue weighted by molar-refractivity contribution is -0.135. The Hall–Kier alpha value is -2.62. The van der Waals surface area contributed by atoms with Crippen LogP contribution in [-0.2, 0) is 22.4 Å². The molecule has 0 radical (unpaired) electrons. The summed E-state index contributed by atoms with van der Waals surface area (Å²) < 4.78 is 16.2. The molecule has 8 nitrogen and oxygen atoms in total. The highest BCUT2D eigenvalue weighted by atomic mass is 32.1. The summed E-state index contributed by atoms with van der Waals surface area (Å²) in [5, 5.41) is 15.2. The minimum absolute atomic E-state index is 0.0304. The molecule has 2 aromatic rings. The quantitative estimate of drug-likeness (QED) is 0.556. The molecule has 4 aliphatic rings. The molecule has 1 aromatic heterocycles. The molecule has 2 N–H and O–H groups in total. The van der Waals surface area contributed by atoms with Gasteiger partial charge in [0.2, 0.25) is 12.7 Å². The number of nitrogens with zero attached hydrogens (tertiary/aromatic N) is 1. The number of esters is 1. The molecule has 198 valence electrons. The number of hydrogen-bond acceptors (Lipinski definition) is 8. The van der Waals surface area contributed by atoms with Crippen LogP contribution < -0.4 is 14.8 Å². The molecule has 37 heavy (non-hydrogen) atoms. The average Bonchev–Trinajstić information content (AvgIpc) is 3.51. The zero-order valence-electron chi connectivity index (χ0n) is 21.2. The van der Waals surface area contributed by atoms with Crippen molar-refractivity contribution in [3.05, 3.63) is 39.8 Å². The zero-order valence-corrected chi connectivity index (χ0v) is 22.0. The maximum absolute atomic E-state index is 13.5. The maximum Gasteiger partial charge on any atom is 0.341 e. The molecule has 6 rings (SSSR count). The Bertz CT molecular complexity index is 1210. The van der Waals surface area contributed by atoms with Gasteiger partial charge >= 0.3 is 5.97 Å². The summed E-state index contributed by atoms with van der Waals surface area (Å²) in [7, 11) is 1.38. The molecule has 3 heterocycles. The van der Waals surface area contributed by atoms with Gasteiger partial charge in [-0.1, -0.05) is 18.9 Å². The Balaban J connectivity index is 1.27. The first-order chi connectivity index (χ1) is 18.0. The number of hydrogen-bond donors (Lipinski definition) is 2. The summed E-state index contributed by atoms with van der Waals surface area (Å²) in [5.74, 6) is 0.912. The highest BCUT2D eigenvalue weighted by Crippen LogP contribution is 2.50. The summed E-state index contributed by atoms with van der Waals surface area (Å²) in [6.07, 6.45) is 8.35. The van der Waals surface area contributed by atoms with Crippen LogP contribution in [0.4, 0.5) is 5.00 Å². The highest BCUT2D eigenvalue weighted by molar-refractivity contribution is 7.17. The van der Waals surface area contributed by atoms with Crippen LogP contribution in [-0.4, -0.2) is 54.5 Å². The van der Waals surface area contributed by atoms with E-state index in [9.17, 15) is 14.7 Å². The SMILES string of the molecule is COC(=O)c1c(NC(=O)CN2CC[C@@]3(O)CCCC[C@@H]3[C@@H]2c2ccc3c(c2)OCO3)sc2c1CCCC2. The standard InChI is InChI=1S/C28H34N2O6S/c1-34-27(32)24-18-6-2-3-8-22(18)37-26(24)29-23(31)15-30-13-12-28(33)11-5-4-7-19(28)25(30)17-9-10-20-21(14-17)36-16-35-20/h9-10,14,19,25,33H,2-8,11-13,15-16H2,1H3,(H,29,31)/t19-,25+,28+/m1/s1. The van der Waals surface area contributed by atoms with Crippen LogP contribution in [0.1, 0.15) is 77.3 Å². The first kappa shape index (κ1) is 24.7. The predicted octanol–water partition coefficient (Wildman–Crippen LogP) is 4.45. The molecule has 0 unspecified atom stereocenters. The second kappa shape index (κ2) is 9.93. The monoisotopic (exact) mass is 526 g/mol. The van der Waals surface area contributed by atoms with E-state index >= 15 is 0 Å². The number of fused-ring (bicyclic) bond motifs is 3. The number of benzene rings is 1. The number of rotatable bonds is 5. The Morgan fingerprint density at radius 1 is 1.16 bits per heavy atom. The maximum atomic E-state index is 13.5. The van der Waals surface area contributed by atoms with E-state index in [1.807, 2.05) is 18.2 Å². The van der Waals surface area contributed by atoms with Crippen molar-refractivity contribution < 1.29 is 28.9 Å². The Morgan fingerprint density at radius 2 is 2.00 bits per heavy atom. The van der Waals surface area contributed by atoms with E-state index in [4.69, 9.17) is 14.2 Å². The van der Waals surface area contributed by atoms with E-state index in [0.29, 0.717) is 29.3 Å². The van der Waals surface area contributed by atoms with Gasteiger partial charge in [0.1, 0.15) is 5.00 Å². The zero-order chi connectivity index (χ0) is 25.6. The van der Waals surface area contributed by atoms with Crippen LogP contribution in [0, 0.1) is 5.92 Å². The first-order valence-corrected chi connectivity index (χ1v) is 14.2. The summed E-state index contributed by atoms with van der Waals surface area (Å²) in [4.78, 5) is 29.4. The molecule has 0 spiro atoms. The topological polar surface area (TPSA) is 97.3 Å². The minimum Gasteiger partial charge on any atom is -0.465 e. The van der Waals surface area contributed by atoms with Gasteiger partial charge in [0.25, 0.3) is 0 Å². The van der Waals surface area contributed by atoms with E-state index < -0.39 is 11.6 Å². The number of ether oxygens (including phenoxy) is 3. The van der Waals surface area contributed by atoms with Crippen molar-refractivity contribution in [3.63, 3.8) is 0 Å². The number of amides is 1. The number of aliphatic hydroxyl groups is 1. The molecule has 0 bridgehead atoms. The Morgan fingerprint density at radius 3 is 2.86 bits per heavy atom. The summed E-state index contributed by atoms with van der Waals surface area (Å²) in [5.41, 5.74) is 1.85.